The Morgan fingerprint density at radius 2 is 2.00 bits per heavy atom. The van der Waals surface area contributed by atoms with Crippen LogP contribution in [0.5, 0.6) is 0 Å². The van der Waals surface area contributed by atoms with E-state index in [4.69, 9.17) is 0 Å². The number of thioether (sulfide) groups is 1. The Kier molecular flexibility index (Phi) is 6.88. The second kappa shape index (κ2) is 8.17. The van der Waals surface area contributed by atoms with Crippen molar-refractivity contribution in [1.82, 2.24) is 4.90 Å². The van der Waals surface area contributed by atoms with Crippen molar-refractivity contribution in [3.8, 4) is 0 Å². The van der Waals surface area contributed by atoms with Crippen LogP contribution in [0.4, 0.5) is 10.5 Å². The number of hydrogen-bond donors (Lipinski definition) is 2. The molecule has 20 heavy (non-hydrogen) atoms. The van der Waals surface area contributed by atoms with Gasteiger partial charge < -0.3 is 15.3 Å². The molecule has 5 heteroatoms. The summed E-state index contributed by atoms with van der Waals surface area (Å²) in [4.78, 5) is 13.9. The van der Waals surface area contributed by atoms with Gasteiger partial charge in [-0.05, 0) is 37.3 Å². The Morgan fingerprint density at radius 3 is 2.45 bits per heavy atom. The topological polar surface area (TPSA) is 52.6 Å². The zero-order chi connectivity index (χ0) is 15.1. The first-order chi connectivity index (χ1) is 9.49. The number of carbonyl (C=O) groups excluding carboxylic acids is 1. The van der Waals surface area contributed by atoms with Crippen molar-refractivity contribution in [2.24, 2.45) is 0 Å². The number of urea groups is 1. The number of carbonyl (C=O) groups is 1. The summed E-state index contributed by atoms with van der Waals surface area (Å²) >= 11 is 1.74. The van der Waals surface area contributed by atoms with E-state index in [-0.39, 0.29) is 12.1 Å². The van der Waals surface area contributed by atoms with Gasteiger partial charge in [-0.15, -0.1) is 0 Å². The number of amides is 2. The van der Waals surface area contributed by atoms with Gasteiger partial charge in [-0.2, -0.15) is 11.8 Å². The van der Waals surface area contributed by atoms with E-state index < -0.39 is 6.10 Å². The maximum Gasteiger partial charge on any atom is 0.321 e. The lowest BCUT2D eigenvalue weighted by molar-refractivity contribution is 0.199. The predicted octanol–water partition coefficient (Wildman–Crippen LogP) is 3.35. The van der Waals surface area contributed by atoms with Crippen LogP contribution in [0.1, 0.15) is 31.9 Å². The van der Waals surface area contributed by atoms with E-state index in [1.807, 2.05) is 37.6 Å². The second-order valence-corrected chi connectivity index (χ2v) is 5.77. The third-order valence-corrected chi connectivity index (χ3v) is 4.06. The minimum absolute atomic E-state index is 0.101. The van der Waals surface area contributed by atoms with Crippen molar-refractivity contribution in [3.63, 3.8) is 0 Å². The minimum atomic E-state index is -0.492. The predicted molar refractivity (Wildman–Crippen MR) is 86.3 cm³/mol. The standard InChI is InChI=1S/C15H24N2O2S/c1-5-14(10-20-4)17(3)15(19)16-13-8-6-12(7-9-13)11(2)18/h6-9,11,14,18H,5,10H2,1-4H3,(H,16,19). The van der Waals surface area contributed by atoms with Gasteiger partial charge >= 0.3 is 6.03 Å². The highest BCUT2D eigenvalue weighted by molar-refractivity contribution is 7.98. The van der Waals surface area contributed by atoms with Gasteiger partial charge in [-0.1, -0.05) is 19.1 Å². The number of rotatable bonds is 6. The van der Waals surface area contributed by atoms with Crippen molar-refractivity contribution in [2.75, 3.05) is 24.4 Å². The van der Waals surface area contributed by atoms with Gasteiger partial charge in [0.25, 0.3) is 0 Å². The van der Waals surface area contributed by atoms with E-state index in [0.717, 1.165) is 23.4 Å². The highest BCUT2D eigenvalue weighted by atomic mass is 32.2. The summed E-state index contributed by atoms with van der Waals surface area (Å²) < 4.78 is 0. The summed E-state index contributed by atoms with van der Waals surface area (Å²) in [5.41, 5.74) is 1.58. The molecule has 0 spiro atoms. The maximum atomic E-state index is 12.2. The molecule has 2 N–H and O–H groups in total. The lowest BCUT2D eigenvalue weighted by atomic mass is 10.1. The Bertz CT molecular complexity index is 420. The van der Waals surface area contributed by atoms with Crippen LogP contribution < -0.4 is 5.32 Å². The van der Waals surface area contributed by atoms with Gasteiger partial charge in [-0.3, -0.25) is 0 Å². The highest BCUT2D eigenvalue weighted by Gasteiger charge is 2.17. The zero-order valence-corrected chi connectivity index (χ0v) is 13.4. The van der Waals surface area contributed by atoms with Crippen LogP contribution in [-0.2, 0) is 0 Å². The summed E-state index contributed by atoms with van der Waals surface area (Å²) in [6, 6.07) is 7.39. The van der Waals surface area contributed by atoms with E-state index in [0.29, 0.717) is 0 Å². The Morgan fingerprint density at radius 1 is 1.40 bits per heavy atom. The van der Waals surface area contributed by atoms with E-state index in [1.54, 1.807) is 23.6 Å². The molecule has 0 aliphatic heterocycles. The van der Waals surface area contributed by atoms with E-state index in [1.165, 1.54) is 0 Å². The van der Waals surface area contributed by atoms with Gasteiger partial charge in [0, 0.05) is 24.5 Å². The number of aliphatic hydroxyl groups excluding tert-OH is 1. The molecule has 112 valence electrons. The van der Waals surface area contributed by atoms with Gasteiger partial charge in [0.15, 0.2) is 0 Å². The molecule has 0 fully saturated rings. The molecule has 0 aliphatic carbocycles. The number of aliphatic hydroxyl groups is 1. The van der Waals surface area contributed by atoms with Crippen LogP contribution in [0.2, 0.25) is 0 Å². The highest BCUT2D eigenvalue weighted by Crippen LogP contribution is 2.16. The zero-order valence-electron chi connectivity index (χ0n) is 12.6. The van der Waals surface area contributed by atoms with E-state index in [2.05, 4.69) is 12.2 Å². The molecule has 0 saturated heterocycles. The quantitative estimate of drug-likeness (QED) is 0.846. The summed E-state index contributed by atoms with van der Waals surface area (Å²) in [6.07, 6.45) is 2.49. The van der Waals surface area contributed by atoms with Crippen LogP contribution in [0, 0.1) is 0 Å². The summed E-state index contributed by atoms with van der Waals surface area (Å²) in [5.74, 6) is 0.932. The smallest absolute Gasteiger partial charge is 0.321 e. The van der Waals surface area contributed by atoms with Crippen molar-refractivity contribution in [2.45, 2.75) is 32.4 Å². The van der Waals surface area contributed by atoms with Crippen LogP contribution in [-0.4, -0.2) is 41.1 Å². The largest absolute Gasteiger partial charge is 0.389 e. The first kappa shape index (κ1) is 16.9. The first-order valence-electron chi connectivity index (χ1n) is 6.80. The molecule has 0 aromatic heterocycles. The molecule has 2 unspecified atom stereocenters. The molecular weight excluding hydrogens is 272 g/mol. The number of hydrogen-bond acceptors (Lipinski definition) is 3. The molecule has 0 radical (unpaired) electrons. The monoisotopic (exact) mass is 296 g/mol. The van der Waals surface area contributed by atoms with Gasteiger partial charge in [0.1, 0.15) is 0 Å². The SMILES string of the molecule is CCC(CSC)N(C)C(=O)Nc1ccc(C(C)O)cc1. The Labute approximate surface area is 125 Å². The molecule has 0 aliphatic rings. The average Bonchev–Trinajstić information content (AvgIpc) is 2.44. The van der Waals surface area contributed by atoms with Crippen LogP contribution in [0.25, 0.3) is 0 Å². The van der Waals surface area contributed by atoms with Gasteiger partial charge in [-0.25, -0.2) is 4.79 Å². The molecule has 4 nitrogen and oxygen atoms in total. The number of nitrogens with zero attached hydrogens (tertiary/aromatic N) is 1. The Balaban J connectivity index is 2.65. The molecule has 1 aromatic rings. The van der Waals surface area contributed by atoms with Crippen molar-refractivity contribution >= 4 is 23.5 Å². The van der Waals surface area contributed by atoms with Crippen LogP contribution in [0.15, 0.2) is 24.3 Å². The third-order valence-electron chi connectivity index (χ3n) is 3.34. The Hall–Kier alpha value is -1.20. The number of anilines is 1. The lowest BCUT2D eigenvalue weighted by Gasteiger charge is -2.27. The van der Waals surface area contributed by atoms with E-state index >= 15 is 0 Å². The average molecular weight is 296 g/mol. The normalized spacial score (nSPS) is 13.7. The summed E-state index contributed by atoms with van der Waals surface area (Å²) in [6.45, 7) is 3.80. The summed E-state index contributed by atoms with van der Waals surface area (Å²) in [7, 11) is 1.82. The molecule has 0 bridgehead atoms. The van der Waals surface area contributed by atoms with Crippen molar-refractivity contribution in [1.29, 1.82) is 0 Å². The number of benzene rings is 1. The molecule has 1 rings (SSSR count). The van der Waals surface area contributed by atoms with Gasteiger partial charge in [0.05, 0.1) is 6.10 Å². The van der Waals surface area contributed by atoms with E-state index in [9.17, 15) is 9.90 Å². The van der Waals surface area contributed by atoms with Crippen LogP contribution in [0.3, 0.4) is 0 Å². The lowest BCUT2D eigenvalue weighted by Crippen LogP contribution is -2.41. The molecule has 0 saturated carbocycles. The van der Waals surface area contributed by atoms with Crippen molar-refractivity contribution < 1.29 is 9.90 Å². The fourth-order valence-electron chi connectivity index (χ4n) is 1.92. The molecule has 2 atom stereocenters. The minimum Gasteiger partial charge on any atom is -0.389 e. The first-order valence-corrected chi connectivity index (χ1v) is 8.19. The second-order valence-electron chi connectivity index (χ2n) is 4.86. The molecular formula is C15H24N2O2S. The van der Waals surface area contributed by atoms with Crippen molar-refractivity contribution in [3.05, 3.63) is 29.8 Å². The summed E-state index contributed by atoms with van der Waals surface area (Å²) in [5, 5.41) is 12.3. The fraction of sp³-hybridized carbons (Fsp3) is 0.533. The van der Waals surface area contributed by atoms with Gasteiger partial charge in [0.2, 0.25) is 0 Å². The molecule has 0 heterocycles. The van der Waals surface area contributed by atoms with Crippen LogP contribution >= 0.6 is 11.8 Å². The third kappa shape index (κ3) is 4.72. The molecule has 2 amide bonds. The maximum absolute atomic E-state index is 12.2. The molecule has 1 aromatic carbocycles. The number of nitrogens with one attached hydrogen (secondary N) is 1. The fourth-order valence-corrected chi connectivity index (χ4v) is 2.76.